The molecule has 360 valence electrons. The van der Waals surface area contributed by atoms with Crippen LogP contribution in [0, 0.1) is 0 Å². The second kappa shape index (κ2) is 43.9. The van der Waals surface area contributed by atoms with E-state index in [2.05, 4.69) is 43.5 Å². The van der Waals surface area contributed by atoms with Gasteiger partial charge < -0.3 is 28.8 Å². The summed E-state index contributed by atoms with van der Waals surface area (Å²) in [5.74, 6) is -0.208. The standard InChI is InChI=1S/C52H101N2O6P/c1-6-8-10-12-14-16-18-20-22-24-26-28-30-32-34-36-38-40-42-44-46-52(56)53-50(49-60-61(57,58)59-48-47-54(3,4)5)51(55)45-43-41-39-37-35-33-31-29-27-25-23-21-19-17-15-13-11-9-7-2/h27,29,35,37,43,45,50-51,55H,6-26,28,30-34,36,38-42,44,46-49H2,1-5H3,(H-,53,56,57,58)/b29-27+,37-35+,45-43+. The lowest BCUT2D eigenvalue weighted by Crippen LogP contribution is -2.45. The number of unbranched alkanes of at least 4 members (excludes halogenated alkanes) is 30. The third-order valence-electron chi connectivity index (χ3n) is 11.6. The molecule has 0 aromatic heterocycles. The van der Waals surface area contributed by atoms with Crippen LogP contribution < -0.4 is 10.2 Å². The normalized spacial score (nSPS) is 14.4. The number of phosphoric acid groups is 1. The van der Waals surface area contributed by atoms with Gasteiger partial charge in [0.2, 0.25) is 5.91 Å². The van der Waals surface area contributed by atoms with Gasteiger partial charge in [-0.2, -0.15) is 0 Å². The van der Waals surface area contributed by atoms with E-state index in [-0.39, 0.29) is 12.5 Å². The van der Waals surface area contributed by atoms with Gasteiger partial charge in [-0.15, -0.1) is 0 Å². The van der Waals surface area contributed by atoms with E-state index in [0.29, 0.717) is 17.4 Å². The van der Waals surface area contributed by atoms with Crippen LogP contribution in [-0.4, -0.2) is 68.5 Å². The molecule has 0 saturated carbocycles. The minimum absolute atomic E-state index is 0.00758. The van der Waals surface area contributed by atoms with Crippen LogP contribution in [0.5, 0.6) is 0 Å². The minimum Gasteiger partial charge on any atom is -0.756 e. The Kier molecular flexibility index (Phi) is 43.0. The summed E-state index contributed by atoms with van der Waals surface area (Å²) in [7, 11) is 1.24. The smallest absolute Gasteiger partial charge is 0.268 e. The fraction of sp³-hybridized carbons (Fsp3) is 0.865. The Morgan fingerprint density at radius 1 is 0.557 bits per heavy atom. The average molecular weight is 881 g/mol. The summed E-state index contributed by atoms with van der Waals surface area (Å²) in [5, 5.41) is 13.8. The van der Waals surface area contributed by atoms with Crippen molar-refractivity contribution in [2.45, 2.75) is 251 Å². The first-order chi connectivity index (χ1) is 29.5. The predicted molar refractivity (Wildman–Crippen MR) is 261 cm³/mol. The maximum atomic E-state index is 12.9. The monoisotopic (exact) mass is 881 g/mol. The van der Waals surface area contributed by atoms with Gasteiger partial charge in [0.25, 0.3) is 7.82 Å². The molecule has 3 atom stereocenters. The Morgan fingerprint density at radius 2 is 0.918 bits per heavy atom. The molecule has 0 radical (unpaired) electrons. The van der Waals surface area contributed by atoms with Gasteiger partial charge in [0.15, 0.2) is 0 Å². The molecule has 0 aromatic carbocycles. The van der Waals surface area contributed by atoms with Crippen molar-refractivity contribution in [2.24, 2.45) is 0 Å². The summed E-state index contributed by atoms with van der Waals surface area (Å²) in [5.41, 5.74) is 0. The molecule has 2 N–H and O–H groups in total. The molecule has 9 heteroatoms. The number of carbonyl (C=O) groups is 1. The number of allylic oxidation sites excluding steroid dienone is 5. The molecule has 0 aromatic rings. The van der Waals surface area contributed by atoms with Gasteiger partial charge in [-0.1, -0.05) is 224 Å². The first-order valence-corrected chi connectivity index (χ1v) is 27.3. The van der Waals surface area contributed by atoms with Gasteiger partial charge in [0.1, 0.15) is 13.2 Å². The summed E-state index contributed by atoms with van der Waals surface area (Å²) < 4.78 is 23.3. The Bertz CT molecular complexity index is 1090. The molecule has 3 unspecified atom stereocenters. The second-order valence-corrected chi connectivity index (χ2v) is 20.3. The van der Waals surface area contributed by atoms with E-state index in [1.54, 1.807) is 6.08 Å². The van der Waals surface area contributed by atoms with Crippen molar-refractivity contribution in [2.75, 3.05) is 40.9 Å². The van der Waals surface area contributed by atoms with E-state index in [9.17, 15) is 19.4 Å². The number of rotatable bonds is 47. The third-order valence-corrected chi connectivity index (χ3v) is 12.5. The molecule has 61 heavy (non-hydrogen) atoms. The van der Waals surface area contributed by atoms with Gasteiger partial charge in [0.05, 0.1) is 39.9 Å². The molecule has 0 rings (SSSR count). The van der Waals surface area contributed by atoms with Crippen molar-refractivity contribution in [3.63, 3.8) is 0 Å². The number of hydrogen-bond acceptors (Lipinski definition) is 6. The van der Waals surface area contributed by atoms with Crippen molar-refractivity contribution >= 4 is 13.7 Å². The Labute approximate surface area is 378 Å². The number of aliphatic hydroxyl groups excluding tert-OH is 1. The highest BCUT2D eigenvalue weighted by Gasteiger charge is 2.23. The Morgan fingerprint density at radius 3 is 1.33 bits per heavy atom. The number of hydrogen-bond donors (Lipinski definition) is 2. The van der Waals surface area contributed by atoms with Crippen LogP contribution in [0.4, 0.5) is 0 Å². The molecular formula is C52H101N2O6P. The van der Waals surface area contributed by atoms with Crippen LogP contribution in [-0.2, 0) is 18.4 Å². The van der Waals surface area contributed by atoms with E-state index in [1.165, 1.54) is 173 Å². The molecule has 0 aliphatic carbocycles. The van der Waals surface area contributed by atoms with Crippen LogP contribution in [0.3, 0.4) is 0 Å². The molecule has 0 saturated heterocycles. The van der Waals surface area contributed by atoms with Gasteiger partial charge in [-0.25, -0.2) is 0 Å². The Balaban J connectivity index is 4.36. The van der Waals surface area contributed by atoms with Crippen molar-refractivity contribution < 1.29 is 32.9 Å². The maximum Gasteiger partial charge on any atom is 0.268 e. The number of carbonyl (C=O) groups excluding carboxylic acids is 1. The maximum absolute atomic E-state index is 12.9. The number of nitrogens with one attached hydrogen (secondary N) is 1. The van der Waals surface area contributed by atoms with Crippen LogP contribution in [0.25, 0.3) is 0 Å². The SMILES string of the molecule is CCCCCCCCCCC/C=C/CC/C=C/CC/C=C/C(O)C(COP(=O)([O-])OCC[N+](C)(C)C)NC(=O)CCCCCCCCCCCCCCCCCCCCCC. The zero-order chi connectivity index (χ0) is 45.0. The van der Waals surface area contributed by atoms with Crippen molar-refractivity contribution in [1.29, 1.82) is 0 Å². The highest BCUT2D eigenvalue weighted by molar-refractivity contribution is 7.45. The number of likely N-dealkylation sites (N-methyl/N-ethyl adjacent to an activating group) is 1. The van der Waals surface area contributed by atoms with Crippen molar-refractivity contribution in [3.8, 4) is 0 Å². The van der Waals surface area contributed by atoms with E-state index in [0.717, 1.165) is 44.9 Å². The summed E-state index contributed by atoms with van der Waals surface area (Å²) in [4.78, 5) is 25.4. The molecule has 0 bridgehead atoms. The second-order valence-electron chi connectivity index (χ2n) is 18.9. The summed E-state index contributed by atoms with van der Waals surface area (Å²) in [6.45, 7) is 4.64. The van der Waals surface area contributed by atoms with E-state index >= 15 is 0 Å². The molecule has 0 fully saturated rings. The largest absolute Gasteiger partial charge is 0.756 e. The Hall–Kier alpha value is -1.28. The van der Waals surface area contributed by atoms with Gasteiger partial charge in [-0.3, -0.25) is 9.36 Å². The van der Waals surface area contributed by atoms with E-state index in [4.69, 9.17) is 9.05 Å². The molecule has 0 heterocycles. The summed E-state index contributed by atoms with van der Waals surface area (Å²) in [6.07, 6.45) is 54.9. The molecule has 0 spiro atoms. The quantitative estimate of drug-likeness (QED) is 0.0273. The number of phosphoric ester groups is 1. The first-order valence-electron chi connectivity index (χ1n) is 25.9. The molecule has 0 aliphatic heterocycles. The van der Waals surface area contributed by atoms with Gasteiger partial charge in [-0.05, 0) is 44.9 Å². The highest BCUT2D eigenvalue weighted by atomic mass is 31.2. The fourth-order valence-electron chi connectivity index (χ4n) is 7.48. The molecular weight excluding hydrogens is 780 g/mol. The lowest BCUT2D eigenvalue weighted by Gasteiger charge is -2.29. The number of amides is 1. The first kappa shape index (κ1) is 59.7. The predicted octanol–water partition coefficient (Wildman–Crippen LogP) is 14.4. The van der Waals surface area contributed by atoms with Crippen LogP contribution in [0.2, 0.25) is 0 Å². The molecule has 1 amide bonds. The number of quaternary nitrogens is 1. The number of nitrogens with zero attached hydrogens (tertiary/aromatic N) is 1. The van der Waals surface area contributed by atoms with Crippen LogP contribution >= 0.6 is 7.82 Å². The van der Waals surface area contributed by atoms with Crippen molar-refractivity contribution in [3.05, 3.63) is 36.5 Å². The summed E-state index contributed by atoms with van der Waals surface area (Å²) >= 11 is 0. The minimum atomic E-state index is -4.60. The zero-order valence-corrected chi connectivity index (χ0v) is 41.8. The van der Waals surface area contributed by atoms with E-state index in [1.807, 2.05) is 27.2 Å². The van der Waals surface area contributed by atoms with Crippen molar-refractivity contribution in [1.82, 2.24) is 5.32 Å². The van der Waals surface area contributed by atoms with Crippen LogP contribution in [0.15, 0.2) is 36.5 Å². The fourth-order valence-corrected chi connectivity index (χ4v) is 8.20. The third kappa shape index (κ3) is 46.5. The highest BCUT2D eigenvalue weighted by Crippen LogP contribution is 2.38. The van der Waals surface area contributed by atoms with Crippen LogP contribution in [0.1, 0.15) is 239 Å². The molecule has 0 aliphatic rings. The molecule has 8 nitrogen and oxygen atoms in total. The van der Waals surface area contributed by atoms with E-state index < -0.39 is 26.6 Å². The number of aliphatic hydroxyl groups is 1. The van der Waals surface area contributed by atoms with Gasteiger partial charge >= 0.3 is 0 Å². The lowest BCUT2D eigenvalue weighted by atomic mass is 10.0. The topological polar surface area (TPSA) is 108 Å². The average Bonchev–Trinajstić information content (AvgIpc) is 3.21. The lowest BCUT2D eigenvalue weighted by molar-refractivity contribution is -0.870. The summed E-state index contributed by atoms with van der Waals surface area (Å²) in [6, 6.07) is -0.906. The zero-order valence-electron chi connectivity index (χ0n) is 40.9. The van der Waals surface area contributed by atoms with Gasteiger partial charge in [0, 0.05) is 6.42 Å².